The largest absolute Gasteiger partial charge is 0.497 e. The number of aryl methyl sites for hydroxylation is 2. The number of nitrogens with one attached hydrogen (secondary N) is 1. The summed E-state index contributed by atoms with van der Waals surface area (Å²) >= 11 is 0. The average molecular weight is 473 g/mol. The number of amides is 1. The van der Waals surface area contributed by atoms with E-state index in [0.29, 0.717) is 17.9 Å². The second kappa shape index (κ2) is 8.94. The van der Waals surface area contributed by atoms with Crippen molar-refractivity contribution >= 4 is 11.6 Å². The minimum atomic E-state index is -0.453. The molecular formula is C27H28N4O4. The summed E-state index contributed by atoms with van der Waals surface area (Å²) in [5, 5.41) is 6.92. The summed E-state index contributed by atoms with van der Waals surface area (Å²) in [6.45, 7) is 3.89. The van der Waals surface area contributed by atoms with Gasteiger partial charge in [0, 0.05) is 18.2 Å². The summed E-state index contributed by atoms with van der Waals surface area (Å²) < 4.78 is 14.3. The number of rotatable bonds is 5. The van der Waals surface area contributed by atoms with E-state index in [2.05, 4.69) is 17.4 Å². The Bertz CT molecular complexity index is 1470. The number of aromatic nitrogens is 3. The topological polar surface area (TPSA) is 91.3 Å². The van der Waals surface area contributed by atoms with Gasteiger partial charge >= 0.3 is 0 Å². The second-order valence-corrected chi connectivity index (χ2v) is 8.79. The summed E-state index contributed by atoms with van der Waals surface area (Å²) in [6, 6.07) is 13.6. The van der Waals surface area contributed by atoms with E-state index in [4.69, 9.17) is 9.26 Å². The van der Waals surface area contributed by atoms with Gasteiger partial charge < -0.3 is 14.6 Å². The molecule has 0 radical (unpaired) electrons. The van der Waals surface area contributed by atoms with Crippen molar-refractivity contribution in [2.75, 3.05) is 12.4 Å². The summed E-state index contributed by atoms with van der Waals surface area (Å²) in [4.78, 5) is 26.6. The Balaban J connectivity index is 1.49. The van der Waals surface area contributed by atoms with Gasteiger partial charge in [-0.05, 0) is 74.1 Å². The monoisotopic (exact) mass is 472 g/mol. The van der Waals surface area contributed by atoms with Crippen molar-refractivity contribution < 1.29 is 14.1 Å². The fourth-order valence-corrected chi connectivity index (χ4v) is 4.70. The van der Waals surface area contributed by atoms with Gasteiger partial charge in [0.1, 0.15) is 11.4 Å². The number of nitrogens with zero attached hydrogens (tertiary/aromatic N) is 3. The first kappa shape index (κ1) is 22.7. The molecule has 0 aliphatic heterocycles. The molecule has 4 aromatic rings. The van der Waals surface area contributed by atoms with Crippen LogP contribution in [0.15, 0.2) is 51.8 Å². The summed E-state index contributed by atoms with van der Waals surface area (Å²) in [5.74, 6) is 0.930. The average Bonchev–Trinajstić information content (AvgIpc) is 3.31. The predicted molar refractivity (Wildman–Crippen MR) is 134 cm³/mol. The van der Waals surface area contributed by atoms with Crippen LogP contribution in [-0.2, 0) is 26.3 Å². The van der Waals surface area contributed by atoms with E-state index in [1.54, 1.807) is 30.4 Å². The number of hydrogen-bond acceptors (Lipinski definition) is 5. The van der Waals surface area contributed by atoms with E-state index in [-0.39, 0.29) is 16.9 Å². The Labute approximate surface area is 203 Å². The molecule has 0 saturated heterocycles. The number of carbonyl (C=O) groups is 1. The van der Waals surface area contributed by atoms with Crippen molar-refractivity contribution in [3.8, 4) is 22.8 Å². The van der Waals surface area contributed by atoms with E-state index < -0.39 is 5.91 Å². The van der Waals surface area contributed by atoms with Crippen LogP contribution < -0.4 is 15.6 Å². The van der Waals surface area contributed by atoms with Gasteiger partial charge in [0.25, 0.3) is 11.5 Å². The third kappa shape index (κ3) is 3.84. The predicted octanol–water partition coefficient (Wildman–Crippen LogP) is 4.45. The highest BCUT2D eigenvalue weighted by atomic mass is 16.5. The zero-order chi connectivity index (χ0) is 24.7. The SMILES string of the molecule is CCc1ccc(-n2c(=O)c(NC(=O)c3noc4c3CCCc3cc(OC)ccc3-4)c(C)n2C)cc1. The molecule has 2 aromatic heterocycles. The number of ether oxygens (including phenoxy) is 1. The molecule has 1 aliphatic carbocycles. The third-order valence-electron chi connectivity index (χ3n) is 6.81. The molecule has 8 heteroatoms. The molecule has 1 N–H and O–H groups in total. The Morgan fingerprint density at radius 1 is 1.17 bits per heavy atom. The summed E-state index contributed by atoms with van der Waals surface area (Å²) in [6.07, 6.45) is 3.26. The highest BCUT2D eigenvalue weighted by Crippen LogP contribution is 2.36. The Hall–Kier alpha value is -4.07. The van der Waals surface area contributed by atoms with Gasteiger partial charge in [0.2, 0.25) is 0 Å². The Morgan fingerprint density at radius 3 is 2.66 bits per heavy atom. The van der Waals surface area contributed by atoms with E-state index in [9.17, 15) is 9.59 Å². The number of anilines is 1. The molecule has 0 unspecified atom stereocenters. The number of benzene rings is 2. The van der Waals surface area contributed by atoms with Crippen LogP contribution in [0.3, 0.4) is 0 Å². The van der Waals surface area contributed by atoms with Crippen LogP contribution in [0, 0.1) is 6.92 Å². The summed E-state index contributed by atoms with van der Waals surface area (Å²) in [5.41, 5.74) is 5.49. The Morgan fingerprint density at radius 2 is 1.94 bits per heavy atom. The molecule has 1 amide bonds. The minimum Gasteiger partial charge on any atom is -0.497 e. The van der Waals surface area contributed by atoms with Crippen molar-refractivity contribution in [1.29, 1.82) is 0 Å². The summed E-state index contributed by atoms with van der Waals surface area (Å²) in [7, 11) is 3.44. The normalized spacial score (nSPS) is 12.6. The van der Waals surface area contributed by atoms with Crippen molar-refractivity contribution in [2.45, 2.75) is 39.5 Å². The number of carbonyl (C=O) groups excluding carboxylic acids is 1. The molecular weight excluding hydrogens is 444 g/mol. The van der Waals surface area contributed by atoms with E-state index in [0.717, 1.165) is 47.4 Å². The molecule has 0 bridgehead atoms. The highest BCUT2D eigenvalue weighted by Gasteiger charge is 2.28. The quantitative estimate of drug-likeness (QED) is 0.463. The first-order valence-electron chi connectivity index (χ1n) is 11.8. The van der Waals surface area contributed by atoms with Gasteiger partial charge in [-0.1, -0.05) is 24.2 Å². The van der Waals surface area contributed by atoms with Gasteiger partial charge in [-0.15, -0.1) is 0 Å². The van der Waals surface area contributed by atoms with Crippen molar-refractivity contribution in [1.82, 2.24) is 14.5 Å². The van der Waals surface area contributed by atoms with Crippen molar-refractivity contribution in [2.24, 2.45) is 7.05 Å². The van der Waals surface area contributed by atoms with Crippen molar-refractivity contribution in [3.63, 3.8) is 0 Å². The first-order chi connectivity index (χ1) is 16.9. The van der Waals surface area contributed by atoms with Crippen LogP contribution in [0.1, 0.15) is 46.2 Å². The highest BCUT2D eigenvalue weighted by molar-refractivity contribution is 6.05. The zero-order valence-electron chi connectivity index (χ0n) is 20.3. The molecule has 1 aliphatic rings. The molecule has 2 heterocycles. The molecule has 0 spiro atoms. The number of fused-ring (bicyclic) bond motifs is 3. The van der Waals surface area contributed by atoms with E-state index in [1.165, 1.54) is 5.56 Å². The molecule has 0 atom stereocenters. The van der Waals surface area contributed by atoms with Gasteiger partial charge in [-0.25, -0.2) is 4.68 Å². The maximum absolute atomic E-state index is 13.3. The van der Waals surface area contributed by atoms with Crippen LogP contribution in [0.4, 0.5) is 5.69 Å². The van der Waals surface area contributed by atoms with Crippen LogP contribution >= 0.6 is 0 Å². The molecule has 0 fully saturated rings. The van der Waals surface area contributed by atoms with Crippen LogP contribution in [0.2, 0.25) is 0 Å². The first-order valence-corrected chi connectivity index (χ1v) is 11.8. The smallest absolute Gasteiger partial charge is 0.295 e. The molecule has 2 aromatic carbocycles. The number of hydrogen-bond donors (Lipinski definition) is 1. The van der Waals surface area contributed by atoms with Crippen LogP contribution in [-0.4, -0.2) is 27.5 Å². The number of methoxy groups -OCH3 is 1. The molecule has 35 heavy (non-hydrogen) atoms. The maximum atomic E-state index is 13.3. The van der Waals surface area contributed by atoms with Gasteiger partial charge in [0.15, 0.2) is 11.5 Å². The van der Waals surface area contributed by atoms with Gasteiger partial charge in [0.05, 0.1) is 18.5 Å². The Kier molecular flexibility index (Phi) is 5.80. The van der Waals surface area contributed by atoms with Crippen LogP contribution in [0.5, 0.6) is 5.75 Å². The standard InChI is InChI=1S/C27H28N4O4/c1-5-17-9-11-19(12-10-17)31-27(33)23(16(2)30(31)3)28-26(32)24-22-8-6-7-18-15-20(34-4)13-14-21(18)25(22)35-29-24/h9-15H,5-8H2,1-4H3,(H,28,32). The van der Waals surface area contributed by atoms with E-state index in [1.807, 2.05) is 42.5 Å². The third-order valence-corrected chi connectivity index (χ3v) is 6.81. The molecule has 5 rings (SSSR count). The van der Waals surface area contributed by atoms with Gasteiger partial charge in [-0.2, -0.15) is 0 Å². The lowest BCUT2D eigenvalue weighted by atomic mass is 10.0. The lowest BCUT2D eigenvalue weighted by Crippen LogP contribution is -2.23. The van der Waals surface area contributed by atoms with E-state index >= 15 is 0 Å². The molecule has 180 valence electrons. The molecule has 0 saturated carbocycles. The maximum Gasteiger partial charge on any atom is 0.295 e. The lowest BCUT2D eigenvalue weighted by molar-refractivity contribution is 0.101. The van der Waals surface area contributed by atoms with Crippen LogP contribution in [0.25, 0.3) is 17.0 Å². The lowest BCUT2D eigenvalue weighted by Gasteiger charge is -2.08. The van der Waals surface area contributed by atoms with Crippen molar-refractivity contribution in [3.05, 3.63) is 80.9 Å². The zero-order valence-corrected chi connectivity index (χ0v) is 20.3. The minimum absolute atomic E-state index is 0.213. The molecule has 8 nitrogen and oxygen atoms in total. The second-order valence-electron chi connectivity index (χ2n) is 8.79. The fourth-order valence-electron chi connectivity index (χ4n) is 4.70. The fraction of sp³-hybridized carbons (Fsp3) is 0.296. The van der Waals surface area contributed by atoms with Gasteiger partial charge in [-0.3, -0.25) is 14.3 Å².